The summed E-state index contributed by atoms with van der Waals surface area (Å²) in [6, 6.07) is 25.7. The van der Waals surface area contributed by atoms with Crippen LogP contribution in [-0.4, -0.2) is 117 Å². The number of anilines is 4. The fraction of sp³-hybridized carbons (Fsp3) is 0.417. The van der Waals surface area contributed by atoms with E-state index in [1.54, 1.807) is 14.2 Å². The number of fused-ring (bicyclic) bond motifs is 2. The molecule has 2 aliphatic rings. The maximum atomic E-state index is 6.13. The number of halogens is 1. The van der Waals surface area contributed by atoms with E-state index < -0.39 is 0 Å². The Morgan fingerprint density at radius 1 is 0.607 bits per heavy atom. The van der Waals surface area contributed by atoms with Gasteiger partial charge in [0.15, 0.2) is 23.0 Å². The Labute approximate surface area is 376 Å². The molecule has 4 heterocycles. The van der Waals surface area contributed by atoms with Gasteiger partial charge in [-0.15, -0.1) is 35.1 Å². The van der Waals surface area contributed by atoms with Gasteiger partial charge >= 0.3 is 0 Å². The molecule has 4 aromatic carbocycles. The third-order valence-corrected chi connectivity index (χ3v) is 13.3. The molecule has 328 valence electrons. The van der Waals surface area contributed by atoms with Crippen molar-refractivity contribution in [1.82, 2.24) is 9.80 Å². The third kappa shape index (κ3) is 11.5. The molecular formula is C48H63ClN6O4S2. The lowest BCUT2D eigenvalue weighted by Crippen LogP contribution is -2.46. The Hall–Kier alpha value is -4.59. The maximum absolute atomic E-state index is 6.13. The van der Waals surface area contributed by atoms with Crippen LogP contribution in [0, 0.1) is 13.8 Å². The summed E-state index contributed by atoms with van der Waals surface area (Å²) in [4.78, 5) is 12.2. The van der Waals surface area contributed by atoms with Crippen LogP contribution in [0.3, 0.4) is 0 Å². The molecule has 2 saturated heterocycles. The van der Waals surface area contributed by atoms with Crippen LogP contribution in [0.4, 0.5) is 22.7 Å². The van der Waals surface area contributed by atoms with E-state index in [2.05, 4.69) is 96.8 Å². The van der Waals surface area contributed by atoms with Gasteiger partial charge in [0.05, 0.1) is 27.4 Å². The van der Waals surface area contributed by atoms with E-state index in [4.69, 9.17) is 24.7 Å². The van der Waals surface area contributed by atoms with Crippen LogP contribution in [-0.2, 0) is 0 Å². The van der Waals surface area contributed by atoms with Gasteiger partial charge in [-0.1, -0.05) is 12.1 Å². The standard InChI is InChI=1S/C25H33N3O2S.C23H29N3O2S.ClH/c1-19-17-20(26(2)3)18-23(29-4)25(19)30-15-6-10-27-11-13-28(14-12-27)22-7-5-8-24-21(22)9-16-31-24;1-17-15-18(24)16-21(27-2)23(17)28-13-4-8-25-9-11-26(12-10-25)20-5-3-6-22-19(20)7-14-29-22;/h5,7-9,16-18H,6,10-15H2,1-4H3;3,5-7,14-16H,4,8-13,24H2,1-2H3;1H. The van der Waals surface area contributed by atoms with Crippen molar-refractivity contribution >= 4 is 78.0 Å². The van der Waals surface area contributed by atoms with Crippen LogP contribution in [0.2, 0.25) is 0 Å². The molecule has 0 spiro atoms. The van der Waals surface area contributed by atoms with E-state index in [-0.39, 0.29) is 12.4 Å². The highest BCUT2D eigenvalue weighted by Crippen LogP contribution is 2.37. The van der Waals surface area contributed by atoms with E-state index in [0.29, 0.717) is 24.7 Å². The van der Waals surface area contributed by atoms with Gasteiger partial charge in [-0.05, 0) is 97.1 Å². The SMILES string of the molecule is COc1cc(N(C)C)cc(C)c1OCCCN1CCN(c2cccc3sccc23)CC1.COc1cc(N)cc(C)c1OCCCN1CCN(c2cccc3sccc23)CC1.Cl. The summed E-state index contributed by atoms with van der Waals surface area (Å²) >= 11 is 3.64. The first-order valence-electron chi connectivity index (χ1n) is 21.1. The molecule has 0 unspecified atom stereocenters. The number of hydrogen-bond donors (Lipinski definition) is 1. The van der Waals surface area contributed by atoms with Crippen molar-refractivity contribution in [3.63, 3.8) is 0 Å². The molecule has 61 heavy (non-hydrogen) atoms. The van der Waals surface area contributed by atoms with Gasteiger partial charge in [0.1, 0.15) is 0 Å². The molecule has 2 aliphatic heterocycles. The van der Waals surface area contributed by atoms with E-state index >= 15 is 0 Å². The third-order valence-electron chi connectivity index (χ3n) is 11.5. The number of methoxy groups -OCH3 is 2. The molecule has 0 aliphatic carbocycles. The van der Waals surface area contributed by atoms with Crippen molar-refractivity contribution < 1.29 is 18.9 Å². The van der Waals surface area contributed by atoms with Crippen LogP contribution < -0.4 is 39.4 Å². The lowest BCUT2D eigenvalue weighted by Gasteiger charge is -2.36. The number of nitrogen functional groups attached to an aromatic ring is 1. The van der Waals surface area contributed by atoms with Crippen molar-refractivity contribution in [2.75, 3.05) is 127 Å². The summed E-state index contributed by atoms with van der Waals surface area (Å²) in [5.41, 5.74) is 12.6. The van der Waals surface area contributed by atoms with Crippen molar-refractivity contribution in [2.24, 2.45) is 0 Å². The summed E-state index contributed by atoms with van der Waals surface area (Å²) in [6.45, 7) is 16.2. The topological polar surface area (TPSA) is 79.1 Å². The highest BCUT2D eigenvalue weighted by Gasteiger charge is 2.21. The van der Waals surface area contributed by atoms with Crippen molar-refractivity contribution in [3.05, 3.63) is 94.7 Å². The summed E-state index contributed by atoms with van der Waals surface area (Å²) < 4.78 is 25.9. The van der Waals surface area contributed by atoms with Gasteiger partial charge < -0.3 is 39.4 Å². The molecule has 8 rings (SSSR count). The Balaban J connectivity index is 0.000000201. The van der Waals surface area contributed by atoms with Gasteiger partial charge in [0.25, 0.3) is 0 Å². The molecule has 2 fully saturated rings. The number of piperazine rings is 2. The Bertz CT molecular complexity index is 2300. The van der Waals surface area contributed by atoms with Crippen molar-refractivity contribution in [1.29, 1.82) is 0 Å². The molecule has 2 N–H and O–H groups in total. The largest absolute Gasteiger partial charge is 0.493 e. The fourth-order valence-corrected chi connectivity index (χ4v) is 9.90. The number of nitrogens with two attached hydrogens (primary N) is 1. The normalized spacial score (nSPS) is 14.7. The van der Waals surface area contributed by atoms with Gasteiger partial charge in [-0.25, -0.2) is 0 Å². The van der Waals surface area contributed by atoms with Crippen molar-refractivity contribution in [3.8, 4) is 23.0 Å². The first-order chi connectivity index (χ1) is 29.2. The lowest BCUT2D eigenvalue weighted by atomic mass is 10.1. The highest BCUT2D eigenvalue weighted by atomic mass is 35.5. The van der Waals surface area contributed by atoms with Crippen LogP contribution >= 0.6 is 35.1 Å². The summed E-state index contributed by atoms with van der Waals surface area (Å²) in [6.07, 6.45) is 2.01. The predicted octanol–water partition coefficient (Wildman–Crippen LogP) is 9.69. The molecule has 0 amide bonds. The molecule has 0 saturated carbocycles. The van der Waals surface area contributed by atoms with Gasteiger partial charge in [-0.3, -0.25) is 9.80 Å². The van der Waals surface area contributed by atoms with Gasteiger partial charge in [-0.2, -0.15) is 0 Å². The zero-order valence-corrected chi connectivity index (χ0v) is 39.1. The van der Waals surface area contributed by atoms with Crippen LogP contribution in [0.1, 0.15) is 24.0 Å². The Morgan fingerprint density at radius 3 is 1.52 bits per heavy atom. The first kappa shape index (κ1) is 45.9. The highest BCUT2D eigenvalue weighted by molar-refractivity contribution is 7.17. The minimum absolute atomic E-state index is 0. The average Bonchev–Trinajstić information content (AvgIpc) is 3.96. The van der Waals surface area contributed by atoms with E-state index in [1.807, 2.05) is 61.9 Å². The smallest absolute Gasteiger partial charge is 0.164 e. The zero-order valence-electron chi connectivity index (χ0n) is 36.7. The molecule has 6 aromatic rings. The number of rotatable bonds is 15. The Kier molecular flexibility index (Phi) is 16.5. The quantitative estimate of drug-likeness (QED) is 0.0796. The second kappa shape index (κ2) is 22.0. The van der Waals surface area contributed by atoms with E-state index in [0.717, 1.165) is 112 Å². The van der Waals surface area contributed by atoms with Crippen LogP contribution in [0.25, 0.3) is 20.2 Å². The zero-order chi connectivity index (χ0) is 42.0. The number of thiophene rings is 2. The summed E-state index contributed by atoms with van der Waals surface area (Å²) in [5.74, 6) is 3.18. The average molecular weight is 888 g/mol. The second-order valence-electron chi connectivity index (χ2n) is 15.8. The molecule has 2 aromatic heterocycles. The predicted molar refractivity (Wildman–Crippen MR) is 263 cm³/mol. The number of ether oxygens (including phenoxy) is 4. The Morgan fingerprint density at radius 2 is 1.07 bits per heavy atom. The number of hydrogen-bond acceptors (Lipinski definition) is 12. The summed E-state index contributed by atoms with van der Waals surface area (Å²) in [5, 5.41) is 7.14. The number of aryl methyl sites for hydroxylation is 2. The number of benzene rings is 4. The van der Waals surface area contributed by atoms with Crippen LogP contribution in [0.15, 0.2) is 83.6 Å². The molecule has 0 atom stereocenters. The minimum atomic E-state index is 0. The lowest BCUT2D eigenvalue weighted by molar-refractivity contribution is 0.221. The maximum Gasteiger partial charge on any atom is 0.164 e. The minimum Gasteiger partial charge on any atom is -0.493 e. The molecule has 0 radical (unpaired) electrons. The first-order valence-corrected chi connectivity index (χ1v) is 22.9. The summed E-state index contributed by atoms with van der Waals surface area (Å²) in [7, 11) is 7.43. The number of nitrogens with zero attached hydrogens (tertiary/aromatic N) is 5. The van der Waals surface area contributed by atoms with Crippen molar-refractivity contribution in [2.45, 2.75) is 26.7 Å². The fourth-order valence-electron chi connectivity index (χ4n) is 8.28. The monoisotopic (exact) mass is 886 g/mol. The molecule has 10 nitrogen and oxygen atoms in total. The van der Waals surface area contributed by atoms with E-state index in [1.165, 1.54) is 31.5 Å². The van der Waals surface area contributed by atoms with Gasteiger partial charge in [0.2, 0.25) is 0 Å². The van der Waals surface area contributed by atoms with E-state index in [9.17, 15) is 0 Å². The molecular weight excluding hydrogens is 824 g/mol. The van der Waals surface area contributed by atoms with Gasteiger partial charge in [0, 0.05) is 135 Å². The molecule has 0 bridgehead atoms. The van der Waals surface area contributed by atoms with Crippen LogP contribution in [0.5, 0.6) is 23.0 Å². The molecule has 13 heteroatoms. The second-order valence-corrected chi connectivity index (χ2v) is 17.7.